The number of imide groups is 1. The Bertz CT molecular complexity index is 616. The lowest BCUT2D eigenvalue weighted by Gasteiger charge is -2.44. The van der Waals surface area contributed by atoms with Crippen molar-refractivity contribution >= 4 is 17.7 Å². The van der Waals surface area contributed by atoms with Gasteiger partial charge in [0.25, 0.3) is 11.8 Å². The van der Waals surface area contributed by atoms with Crippen LogP contribution in [0.25, 0.3) is 0 Å². The molecule has 1 saturated heterocycles. The monoisotopic (exact) mass is 286 g/mol. The Labute approximate surface area is 123 Å². The molecule has 2 heterocycles. The zero-order chi connectivity index (χ0) is 15.4. The summed E-state index contributed by atoms with van der Waals surface area (Å²) in [5.74, 6) is -0.988. The number of amides is 3. The molecule has 1 unspecified atom stereocenters. The number of fused-ring (bicyclic) bond motifs is 1. The fourth-order valence-electron chi connectivity index (χ4n) is 2.97. The van der Waals surface area contributed by atoms with Crippen molar-refractivity contribution in [2.45, 2.75) is 39.7 Å². The van der Waals surface area contributed by atoms with E-state index in [0.717, 1.165) is 17.9 Å². The van der Waals surface area contributed by atoms with Gasteiger partial charge in [-0.05, 0) is 31.9 Å². The number of benzene rings is 1. The van der Waals surface area contributed by atoms with E-state index in [1.165, 1.54) is 5.01 Å². The number of rotatable bonds is 1. The molecule has 5 heteroatoms. The van der Waals surface area contributed by atoms with Crippen LogP contribution in [0.1, 0.15) is 54.3 Å². The third-order valence-electron chi connectivity index (χ3n) is 4.38. The first-order chi connectivity index (χ1) is 9.84. The maximum atomic E-state index is 12.7. The number of hydrazine groups is 1. The fourth-order valence-corrected chi connectivity index (χ4v) is 2.97. The highest BCUT2D eigenvalue weighted by Gasteiger charge is 2.48. The second-order valence-electron chi connectivity index (χ2n) is 6.39. The van der Waals surface area contributed by atoms with E-state index in [4.69, 9.17) is 0 Å². The zero-order valence-corrected chi connectivity index (χ0v) is 12.4. The number of carbonyl (C=O) groups excluding carboxylic acids is 3. The molecule has 0 aliphatic carbocycles. The minimum Gasteiger partial charge on any atom is -0.272 e. The van der Waals surface area contributed by atoms with Gasteiger partial charge in [-0.25, -0.2) is 5.01 Å². The van der Waals surface area contributed by atoms with Crippen LogP contribution in [-0.4, -0.2) is 33.8 Å². The van der Waals surface area contributed by atoms with Crippen LogP contribution in [0.5, 0.6) is 0 Å². The number of hydrogen-bond donors (Lipinski definition) is 0. The first-order valence-electron chi connectivity index (χ1n) is 7.16. The standard InChI is InChI=1S/C16H18N2O3/c1-10-8-9-16(2,3)15(21)17(10)18-13(19)11-6-4-5-7-12(11)14(18)20/h4-7,10H,8-9H2,1-3H3. The lowest BCUT2D eigenvalue weighted by Crippen LogP contribution is -2.60. The summed E-state index contributed by atoms with van der Waals surface area (Å²) in [6.07, 6.45) is 1.53. The van der Waals surface area contributed by atoms with Crippen LogP contribution in [0.15, 0.2) is 24.3 Å². The Balaban J connectivity index is 2.03. The van der Waals surface area contributed by atoms with Crippen molar-refractivity contribution in [3.05, 3.63) is 35.4 Å². The molecule has 0 aromatic heterocycles. The van der Waals surface area contributed by atoms with Crippen LogP contribution in [0, 0.1) is 5.41 Å². The molecule has 1 fully saturated rings. The van der Waals surface area contributed by atoms with Crippen LogP contribution < -0.4 is 0 Å². The van der Waals surface area contributed by atoms with E-state index in [-0.39, 0.29) is 11.9 Å². The second kappa shape index (κ2) is 4.41. The molecular weight excluding hydrogens is 268 g/mol. The Morgan fingerprint density at radius 1 is 1.05 bits per heavy atom. The van der Waals surface area contributed by atoms with Crippen molar-refractivity contribution < 1.29 is 14.4 Å². The van der Waals surface area contributed by atoms with E-state index in [9.17, 15) is 14.4 Å². The first-order valence-corrected chi connectivity index (χ1v) is 7.16. The van der Waals surface area contributed by atoms with E-state index in [0.29, 0.717) is 11.1 Å². The van der Waals surface area contributed by atoms with E-state index in [2.05, 4.69) is 0 Å². The van der Waals surface area contributed by atoms with E-state index in [1.54, 1.807) is 24.3 Å². The van der Waals surface area contributed by atoms with Gasteiger partial charge in [-0.15, -0.1) is 0 Å². The molecule has 21 heavy (non-hydrogen) atoms. The van der Waals surface area contributed by atoms with Gasteiger partial charge in [0.2, 0.25) is 5.91 Å². The highest BCUT2D eigenvalue weighted by molar-refractivity contribution is 6.21. The molecule has 0 spiro atoms. The molecule has 0 bridgehead atoms. The Morgan fingerprint density at radius 2 is 1.57 bits per heavy atom. The average Bonchev–Trinajstić information content (AvgIpc) is 2.70. The summed E-state index contributed by atoms with van der Waals surface area (Å²) < 4.78 is 0. The summed E-state index contributed by atoms with van der Waals surface area (Å²) in [5.41, 5.74) is 0.179. The summed E-state index contributed by atoms with van der Waals surface area (Å²) in [4.78, 5) is 37.7. The Hall–Kier alpha value is -2.17. The highest BCUT2D eigenvalue weighted by atomic mass is 16.2. The molecule has 2 aliphatic rings. The lowest BCUT2D eigenvalue weighted by atomic mass is 9.81. The molecule has 0 saturated carbocycles. The van der Waals surface area contributed by atoms with Crippen molar-refractivity contribution in [1.29, 1.82) is 0 Å². The van der Waals surface area contributed by atoms with Crippen LogP contribution in [0.3, 0.4) is 0 Å². The van der Waals surface area contributed by atoms with Gasteiger partial charge >= 0.3 is 0 Å². The molecule has 1 aromatic carbocycles. The molecule has 1 aromatic rings. The predicted octanol–water partition coefficient (Wildman–Crippen LogP) is 2.23. The minimum absolute atomic E-state index is 0.160. The fraction of sp³-hybridized carbons (Fsp3) is 0.438. The van der Waals surface area contributed by atoms with E-state index >= 15 is 0 Å². The third-order valence-corrected chi connectivity index (χ3v) is 4.38. The molecule has 5 nitrogen and oxygen atoms in total. The van der Waals surface area contributed by atoms with Gasteiger partial charge < -0.3 is 0 Å². The SMILES string of the molecule is CC1CCC(C)(C)C(=O)N1N1C(=O)c2ccccc2C1=O. The quantitative estimate of drug-likeness (QED) is 0.744. The van der Waals surface area contributed by atoms with Gasteiger partial charge in [0.1, 0.15) is 0 Å². The van der Waals surface area contributed by atoms with Crippen molar-refractivity contribution in [2.24, 2.45) is 5.41 Å². The van der Waals surface area contributed by atoms with Crippen LogP contribution in [0.4, 0.5) is 0 Å². The van der Waals surface area contributed by atoms with Crippen LogP contribution >= 0.6 is 0 Å². The van der Waals surface area contributed by atoms with Crippen molar-refractivity contribution in [2.75, 3.05) is 0 Å². The minimum atomic E-state index is -0.554. The number of piperidine rings is 1. The first kappa shape index (κ1) is 13.8. The number of nitrogens with zero attached hydrogens (tertiary/aromatic N) is 2. The number of carbonyl (C=O) groups is 3. The second-order valence-corrected chi connectivity index (χ2v) is 6.39. The molecule has 0 N–H and O–H groups in total. The van der Waals surface area contributed by atoms with Crippen molar-refractivity contribution in [1.82, 2.24) is 10.0 Å². The summed E-state index contributed by atoms with van der Waals surface area (Å²) in [7, 11) is 0. The largest absolute Gasteiger partial charge is 0.280 e. The van der Waals surface area contributed by atoms with Gasteiger partial charge in [-0.2, -0.15) is 5.01 Å². The molecule has 0 radical (unpaired) electrons. The third kappa shape index (κ3) is 1.87. The zero-order valence-electron chi connectivity index (χ0n) is 12.4. The highest BCUT2D eigenvalue weighted by Crippen LogP contribution is 2.36. The lowest BCUT2D eigenvalue weighted by molar-refractivity contribution is -0.161. The summed E-state index contributed by atoms with van der Waals surface area (Å²) in [6, 6.07) is 6.53. The van der Waals surface area contributed by atoms with Crippen LogP contribution in [0.2, 0.25) is 0 Å². The molecule has 3 amide bonds. The Morgan fingerprint density at radius 3 is 2.10 bits per heavy atom. The van der Waals surface area contributed by atoms with E-state index in [1.807, 2.05) is 20.8 Å². The van der Waals surface area contributed by atoms with Gasteiger partial charge in [-0.3, -0.25) is 14.4 Å². The van der Waals surface area contributed by atoms with Crippen LogP contribution in [-0.2, 0) is 4.79 Å². The summed E-state index contributed by atoms with van der Waals surface area (Å²) in [5, 5.41) is 2.38. The summed E-state index contributed by atoms with van der Waals surface area (Å²) in [6.45, 7) is 5.58. The maximum absolute atomic E-state index is 12.7. The van der Waals surface area contributed by atoms with Crippen molar-refractivity contribution in [3.63, 3.8) is 0 Å². The Kier molecular flexibility index (Phi) is 2.90. The number of hydrogen-bond acceptors (Lipinski definition) is 3. The smallest absolute Gasteiger partial charge is 0.272 e. The molecule has 2 aliphatic heterocycles. The normalized spacial score (nSPS) is 24.5. The average molecular weight is 286 g/mol. The van der Waals surface area contributed by atoms with Crippen molar-refractivity contribution in [3.8, 4) is 0 Å². The summed E-state index contributed by atoms with van der Waals surface area (Å²) >= 11 is 0. The van der Waals surface area contributed by atoms with Gasteiger partial charge in [0.15, 0.2) is 0 Å². The van der Waals surface area contributed by atoms with Gasteiger partial charge in [-0.1, -0.05) is 26.0 Å². The molecule has 1 atom stereocenters. The maximum Gasteiger partial charge on any atom is 0.280 e. The molecule has 3 rings (SSSR count). The van der Waals surface area contributed by atoms with Gasteiger partial charge in [0, 0.05) is 5.41 Å². The van der Waals surface area contributed by atoms with Gasteiger partial charge in [0.05, 0.1) is 17.2 Å². The molecular formula is C16H18N2O3. The predicted molar refractivity (Wildman–Crippen MR) is 76.3 cm³/mol. The van der Waals surface area contributed by atoms with E-state index < -0.39 is 17.2 Å². The topological polar surface area (TPSA) is 57.7 Å². The molecule has 110 valence electrons.